The van der Waals surface area contributed by atoms with E-state index in [2.05, 4.69) is 11.8 Å². The molecule has 3 N–H and O–H groups in total. The van der Waals surface area contributed by atoms with Crippen molar-refractivity contribution < 1.29 is 9.90 Å². The first kappa shape index (κ1) is 10.7. The molecular formula is C8H14N2O2. The van der Waals surface area contributed by atoms with Gasteiger partial charge in [-0.1, -0.05) is 12.2 Å². The first-order valence-corrected chi connectivity index (χ1v) is 3.59. The Bertz CT molecular complexity index is 187. The number of rotatable bonds is 1. The molecule has 4 heteroatoms. The molecule has 68 valence electrons. The van der Waals surface area contributed by atoms with Crippen molar-refractivity contribution in [3.05, 3.63) is 23.9 Å². The Kier molecular flexibility index (Phi) is 5.73. The second-order valence-corrected chi connectivity index (χ2v) is 2.26. The Hall–Kier alpha value is -1.29. The molecule has 0 unspecified atom stereocenters. The molecule has 0 aromatic carbocycles. The molecule has 12 heavy (non-hydrogen) atoms. The zero-order valence-corrected chi connectivity index (χ0v) is 7.10. The summed E-state index contributed by atoms with van der Waals surface area (Å²) in [6.45, 7) is 1.05. The minimum atomic E-state index is 0.140. The number of nitrogens with zero attached hydrogens (tertiary/aromatic N) is 1. The van der Waals surface area contributed by atoms with E-state index in [0.717, 1.165) is 12.2 Å². The van der Waals surface area contributed by atoms with Gasteiger partial charge in [0.15, 0.2) is 0 Å². The summed E-state index contributed by atoms with van der Waals surface area (Å²) in [6, 6.07) is 0. The van der Waals surface area contributed by atoms with Crippen molar-refractivity contribution in [2.45, 2.75) is 0 Å². The van der Waals surface area contributed by atoms with Crippen molar-refractivity contribution in [3.63, 3.8) is 0 Å². The number of amides is 1. The molecule has 1 heterocycles. The molecule has 0 aliphatic carbocycles. The van der Waals surface area contributed by atoms with E-state index < -0.39 is 0 Å². The molecule has 0 aromatic rings. The second kappa shape index (κ2) is 6.42. The van der Waals surface area contributed by atoms with Crippen LogP contribution >= 0.6 is 0 Å². The highest BCUT2D eigenvalue weighted by molar-refractivity contribution is 5.42. The molecule has 0 spiro atoms. The van der Waals surface area contributed by atoms with Crippen molar-refractivity contribution in [2.24, 2.45) is 5.73 Å². The van der Waals surface area contributed by atoms with E-state index in [0.29, 0.717) is 0 Å². The molecule has 4 nitrogen and oxygen atoms in total. The lowest BCUT2D eigenvalue weighted by Crippen LogP contribution is -2.21. The number of carbonyl (C=O) groups excluding carboxylic acids is 1. The molecule has 0 bridgehead atoms. The van der Waals surface area contributed by atoms with E-state index in [-0.39, 0.29) is 13.0 Å². The maximum Gasteiger partial charge on any atom is 0.204 e. The highest BCUT2D eigenvalue weighted by atomic mass is 16.3. The highest BCUT2D eigenvalue weighted by Crippen LogP contribution is 2.04. The van der Waals surface area contributed by atoms with Crippen LogP contribution in [0.4, 0.5) is 0 Å². The van der Waals surface area contributed by atoms with Gasteiger partial charge in [-0.2, -0.15) is 0 Å². The van der Waals surface area contributed by atoms with Crippen molar-refractivity contribution in [3.8, 4) is 0 Å². The molecule has 1 rings (SSSR count). The maximum absolute atomic E-state index is 8.72. The van der Waals surface area contributed by atoms with Gasteiger partial charge in [-0.15, -0.1) is 0 Å². The fraction of sp³-hybridized carbons (Fsp3) is 0.375. The molecule has 0 atom stereocenters. The largest absolute Gasteiger partial charge is 0.390 e. The molecule has 0 aromatic heterocycles. The Balaban J connectivity index is 0.000000354. The topological polar surface area (TPSA) is 66.6 Å². The normalized spacial score (nSPS) is 14.5. The van der Waals surface area contributed by atoms with Gasteiger partial charge in [0.1, 0.15) is 0 Å². The van der Waals surface area contributed by atoms with Crippen LogP contribution in [0.3, 0.4) is 0 Å². The Morgan fingerprint density at radius 1 is 1.83 bits per heavy atom. The van der Waals surface area contributed by atoms with Crippen LogP contribution in [0.5, 0.6) is 0 Å². The summed E-state index contributed by atoms with van der Waals surface area (Å²) in [7, 11) is 1.96. The van der Waals surface area contributed by atoms with Crippen molar-refractivity contribution in [1.29, 1.82) is 0 Å². The fourth-order valence-corrected chi connectivity index (χ4v) is 0.816. The van der Waals surface area contributed by atoms with E-state index in [4.69, 9.17) is 9.90 Å². The Morgan fingerprint density at radius 2 is 2.42 bits per heavy atom. The number of carbonyl (C=O) groups is 1. The van der Waals surface area contributed by atoms with Gasteiger partial charge < -0.3 is 15.7 Å². The van der Waals surface area contributed by atoms with Gasteiger partial charge in [0.05, 0.1) is 6.61 Å². The third-order valence-electron chi connectivity index (χ3n) is 1.46. The summed E-state index contributed by atoms with van der Waals surface area (Å²) in [5.74, 6) is 0. The number of hydrogen-bond acceptors (Lipinski definition) is 3. The number of nitrogens with two attached hydrogens (primary N) is 1. The summed E-state index contributed by atoms with van der Waals surface area (Å²) < 4.78 is 0. The monoisotopic (exact) mass is 170 g/mol. The van der Waals surface area contributed by atoms with Crippen LogP contribution < -0.4 is 5.73 Å². The summed E-state index contributed by atoms with van der Waals surface area (Å²) in [6.07, 6.45) is 6.19. The predicted molar refractivity (Wildman–Crippen MR) is 47.2 cm³/mol. The van der Waals surface area contributed by atoms with Gasteiger partial charge >= 0.3 is 0 Å². The zero-order valence-electron chi connectivity index (χ0n) is 7.10. The first-order valence-electron chi connectivity index (χ1n) is 3.59. The summed E-state index contributed by atoms with van der Waals surface area (Å²) in [5.41, 5.74) is 5.15. The molecule has 0 saturated carbocycles. The lowest BCUT2D eigenvalue weighted by molar-refractivity contribution is -0.106. The van der Waals surface area contributed by atoms with Crippen LogP contribution in [-0.2, 0) is 4.79 Å². The molecule has 1 amide bonds. The standard InChI is InChI=1S/C7H11NO.CH3NO/c1-8-5-3-2-4-7(8)6-9;2-1-3/h2-4,9H,5-6H2,1H3;1H,(H2,2,3). The van der Waals surface area contributed by atoms with Crippen LogP contribution in [-0.4, -0.2) is 36.6 Å². The smallest absolute Gasteiger partial charge is 0.204 e. The van der Waals surface area contributed by atoms with Crippen LogP contribution in [0.2, 0.25) is 0 Å². The number of allylic oxidation sites excluding steroid dienone is 2. The van der Waals surface area contributed by atoms with Crippen LogP contribution in [0.25, 0.3) is 0 Å². The van der Waals surface area contributed by atoms with Gasteiger partial charge in [0.2, 0.25) is 6.41 Å². The third-order valence-corrected chi connectivity index (χ3v) is 1.46. The minimum absolute atomic E-state index is 0.140. The maximum atomic E-state index is 8.72. The average Bonchev–Trinajstić information content (AvgIpc) is 2.07. The lowest BCUT2D eigenvalue weighted by atomic mass is 10.3. The van der Waals surface area contributed by atoms with Gasteiger partial charge in [0.25, 0.3) is 0 Å². The van der Waals surface area contributed by atoms with Gasteiger partial charge in [-0.25, -0.2) is 0 Å². The van der Waals surface area contributed by atoms with Crippen molar-refractivity contribution in [1.82, 2.24) is 4.90 Å². The Morgan fingerprint density at radius 3 is 2.75 bits per heavy atom. The van der Waals surface area contributed by atoms with Gasteiger partial charge in [-0.05, 0) is 6.08 Å². The number of hydrogen-bond donors (Lipinski definition) is 2. The number of likely N-dealkylation sites (N-methyl/N-ethyl adjacent to an activating group) is 1. The minimum Gasteiger partial charge on any atom is -0.390 e. The van der Waals surface area contributed by atoms with E-state index in [1.54, 1.807) is 0 Å². The fourth-order valence-electron chi connectivity index (χ4n) is 0.816. The second-order valence-electron chi connectivity index (χ2n) is 2.26. The van der Waals surface area contributed by atoms with E-state index in [9.17, 15) is 0 Å². The van der Waals surface area contributed by atoms with Crippen molar-refractivity contribution >= 4 is 6.41 Å². The molecule has 1 aliphatic heterocycles. The quantitative estimate of drug-likeness (QED) is 0.520. The van der Waals surface area contributed by atoms with Gasteiger partial charge in [-0.3, -0.25) is 4.79 Å². The Labute approximate surface area is 72.0 Å². The lowest BCUT2D eigenvalue weighted by Gasteiger charge is -2.21. The zero-order chi connectivity index (χ0) is 9.40. The van der Waals surface area contributed by atoms with E-state index in [1.165, 1.54) is 0 Å². The van der Waals surface area contributed by atoms with E-state index in [1.807, 2.05) is 24.1 Å². The first-order chi connectivity index (χ1) is 5.76. The number of aliphatic hydroxyl groups excluding tert-OH is 1. The third kappa shape index (κ3) is 3.78. The summed E-state index contributed by atoms with van der Waals surface area (Å²) in [4.78, 5) is 10.6. The van der Waals surface area contributed by atoms with Gasteiger partial charge in [0, 0.05) is 19.3 Å². The van der Waals surface area contributed by atoms with E-state index >= 15 is 0 Å². The van der Waals surface area contributed by atoms with Crippen LogP contribution in [0.15, 0.2) is 23.9 Å². The molecule has 0 radical (unpaired) electrons. The number of aliphatic hydroxyl groups is 1. The molecule has 0 saturated heterocycles. The SMILES string of the molecule is CN1CC=CC=C1CO.NC=O. The van der Waals surface area contributed by atoms with Crippen molar-refractivity contribution in [2.75, 3.05) is 20.2 Å². The summed E-state index contributed by atoms with van der Waals surface area (Å²) >= 11 is 0. The average molecular weight is 170 g/mol. The number of primary amides is 1. The summed E-state index contributed by atoms with van der Waals surface area (Å²) in [5, 5.41) is 8.72. The molecule has 0 fully saturated rings. The van der Waals surface area contributed by atoms with Crippen LogP contribution in [0.1, 0.15) is 0 Å². The van der Waals surface area contributed by atoms with Crippen LogP contribution in [0, 0.1) is 0 Å². The highest BCUT2D eigenvalue weighted by Gasteiger charge is 2.01. The predicted octanol–water partition coefficient (Wildman–Crippen LogP) is -0.534. The molecular weight excluding hydrogens is 156 g/mol. The molecule has 1 aliphatic rings.